The van der Waals surface area contributed by atoms with Gasteiger partial charge in [0.2, 0.25) is 15.6 Å². The van der Waals surface area contributed by atoms with Crippen LogP contribution >= 0.6 is 27.5 Å². The molecule has 0 spiro atoms. The van der Waals surface area contributed by atoms with E-state index >= 15 is 0 Å². The summed E-state index contributed by atoms with van der Waals surface area (Å²) in [5.41, 5.74) is 0.839. The Balaban J connectivity index is 1.95. The Hall–Kier alpha value is -3.00. The zero-order valence-electron chi connectivity index (χ0n) is 17.2. The van der Waals surface area contributed by atoms with E-state index in [0.29, 0.717) is 20.5 Å². The summed E-state index contributed by atoms with van der Waals surface area (Å²) in [5, 5.41) is 0.696. The number of sulfone groups is 1. The number of hydrogen-bond donors (Lipinski definition) is 0. The summed E-state index contributed by atoms with van der Waals surface area (Å²) in [6.07, 6.45) is 2.23. The van der Waals surface area contributed by atoms with E-state index in [1.165, 1.54) is 36.4 Å². The standard InChI is InChI=1S/C25H16BrClO5S/c1-15-2-11-22-21(12-15)24(28)17(14-32-22)13-23(25(29)16-3-7-19(27)8-4-16)33(30,31)20-9-5-18(26)6-10-20/h2-14H,1H3/b23-13-. The van der Waals surface area contributed by atoms with Crippen LogP contribution in [-0.4, -0.2) is 14.2 Å². The second-order valence-electron chi connectivity index (χ2n) is 7.32. The van der Waals surface area contributed by atoms with Crippen molar-refractivity contribution >= 4 is 60.2 Å². The van der Waals surface area contributed by atoms with E-state index in [9.17, 15) is 18.0 Å². The fourth-order valence-corrected chi connectivity index (χ4v) is 5.03. The minimum atomic E-state index is -4.27. The largest absolute Gasteiger partial charge is 0.463 e. The van der Waals surface area contributed by atoms with E-state index in [1.807, 2.05) is 6.92 Å². The van der Waals surface area contributed by atoms with Gasteiger partial charge >= 0.3 is 0 Å². The lowest BCUT2D eigenvalue weighted by atomic mass is 10.1. The quantitative estimate of drug-likeness (QED) is 0.221. The number of ketones is 1. The number of aryl methyl sites for hydroxylation is 1. The number of halogens is 2. The molecule has 3 aromatic carbocycles. The molecule has 8 heteroatoms. The number of Topliss-reactive ketones (excluding diaryl/α,β-unsaturated/α-hetero) is 1. The number of carbonyl (C=O) groups is 1. The van der Waals surface area contributed by atoms with Gasteiger partial charge in [-0.15, -0.1) is 0 Å². The van der Waals surface area contributed by atoms with Crippen LogP contribution in [0.1, 0.15) is 21.5 Å². The second-order valence-corrected chi connectivity index (χ2v) is 10.6. The van der Waals surface area contributed by atoms with Crippen molar-refractivity contribution in [2.75, 3.05) is 0 Å². The molecule has 166 valence electrons. The van der Waals surface area contributed by atoms with Crippen molar-refractivity contribution in [3.63, 3.8) is 0 Å². The highest BCUT2D eigenvalue weighted by Gasteiger charge is 2.28. The first-order valence-electron chi connectivity index (χ1n) is 9.71. The maximum absolute atomic E-state index is 13.5. The molecule has 33 heavy (non-hydrogen) atoms. The van der Waals surface area contributed by atoms with E-state index < -0.39 is 26.0 Å². The molecule has 0 N–H and O–H groups in total. The topological polar surface area (TPSA) is 81.4 Å². The molecule has 0 saturated carbocycles. The number of rotatable bonds is 5. The Kier molecular flexibility index (Phi) is 6.38. The van der Waals surface area contributed by atoms with E-state index in [4.69, 9.17) is 16.0 Å². The normalized spacial score (nSPS) is 12.2. The maximum Gasteiger partial charge on any atom is 0.210 e. The first-order valence-corrected chi connectivity index (χ1v) is 12.4. The second kappa shape index (κ2) is 9.09. The lowest BCUT2D eigenvalue weighted by Gasteiger charge is -2.10. The molecule has 0 radical (unpaired) electrons. The Bertz CT molecular complexity index is 1570. The number of carbonyl (C=O) groups excluding carboxylic acids is 1. The fraction of sp³-hybridized carbons (Fsp3) is 0.0400. The molecule has 1 heterocycles. The summed E-state index contributed by atoms with van der Waals surface area (Å²) < 4.78 is 33.2. The Morgan fingerprint density at radius 1 is 1.00 bits per heavy atom. The Labute approximate surface area is 203 Å². The maximum atomic E-state index is 13.5. The van der Waals surface area contributed by atoms with Gasteiger partial charge in [-0.25, -0.2) is 8.42 Å². The van der Waals surface area contributed by atoms with Gasteiger partial charge < -0.3 is 4.42 Å². The van der Waals surface area contributed by atoms with Crippen molar-refractivity contribution in [2.45, 2.75) is 11.8 Å². The predicted molar refractivity (Wildman–Crippen MR) is 132 cm³/mol. The van der Waals surface area contributed by atoms with Crippen molar-refractivity contribution in [3.05, 3.63) is 114 Å². The van der Waals surface area contributed by atoms with Crippen LogP contribution < -0.4 is 5.43 Å². The third-order valence-electron chi connectivity index (χ3n) is 4.98. The van der Waals surface area contributed by atoms with Crippen molar-refractivity contribution in [2.24, 2.45) is 0 Å². The van der Waals surface area contributed by atoms with Crippen molar-refractivity contribution < 1.29 is 17.6 Å². The van der Waals surface area contributed by atoms with Gasteiger partial charge in [-0.1, -0.05) is 39.2 Å². The molecule has 0 aliphatic carbocycles. The van der Waals surface area contributed by atoms with Crippen LogP contribution in [0.15, 0.2) is 96.5 Å². The summed E-state index contributed by atoms with van der Waals surface area (Å²) in [4.78, 5) is 25.8. The molecule has 0 aliphatic heterocycles. The lowest BCUT2D eigenvalue weighted by Crippen LogP contribution is -2.16. The first kappa shape index (κ1) is 23.2. The summed E-state index contributed by atoms with van der Waals surface area (Å²) in [5.74, 6) is -0.765. The van der Waals surface area contributed by atoms with Crippen LogP contribution in [-0.2, 0) is 9.84 Å². The third kappa shape index (κ3) is 4.71. The highest BCUT2D eigenvalue weighted by Crippen LogP contribution is 2.27. The van der Waals surface area contributed by atoms with Gasteiger partial charge in [0.25, 0.3) is 0 Å². The zero-order chi connectivity index (χ0) is 23.8. The molecule has 4 aromatic rings. The number of hydrogen-bond acceptors (Lipinski definition) is 5. The highest BCUT2D eigenvalue weighted by molar-refractivity contribution is 9.10. The zero-order valence-corrected chi connectivity index (χ0v) is 20.4. The summed E-state index contributed by atoms with van der Waals surface area (Å²) in [6.45, 7) is 1.83. The molecule has 0 saturated heterocycles. The number of allylic oxidation sites excluding steroid dienone is 1. The van der Waals surface area contributed by atoms with Crippen LogP contribution in [0.5, 0.6) is 0 Å². The Morgan fingerprint density at radius 3 is 2.33 bits per heavy atom. The molecule has 0 bridgehead atoms. The van der Waals surface area contributed by atoms with E-state index in [1.54, 1.807) is 30.3 Å². The van der Waals surface area contributed by atoms with E-state index in [-0.39, 0.29) is 16.0 Å². The third-order valence-corrected chi connectivity index (χ3v) is 7.54. The average molecular weight is 544 g/mol. The van der Waals surface area contributed by atoms with Gasteiger partial charge in [0.15, 0.2) is 5.43 Å². The molecular formula is C25H16BrClO5S. The van der Waals surface area contributed by atoms with Gasteiger partial charge in [-0.3, -0.25) is 9.59 Å². The van der Waals surface area contributed by atoms with Gasteiger partial charge in [-0.05, 0) is 73.7 Å². The molecule has 5 nitrogen and oxygen atoms in total. The molecule has 1 aromatic heterocycles. The Morgan fingerprint density at radius 2 is 1.67 bits per heavy atom. The van der Waals surface area contributed by atoms with Crippen molar-refractivity contribution in [1.29, 1.82) is 0 Å². The van der Waals surface area contributed by atoms with E-state index in [2.05, 4.69) is 15.9 Å². The fourth-order valence-electron chi connectivity index (χ4n) is 3.25. The SMILES string of the molecule is Cc1ccc2occ(/C=C(/C(=O)c3ccc(Cl)cc3)S(=O)(=O)c3ccc(Br)cc3)c(=O)c2c1. The molecule has 0 aliphatic rings. The van der Waals surface area contributed by atoms with Gasteiger partial charge in [0.05, 0.1) is 15.8 Å². The van der Waals surface area contributed by atoms with Gasteiger partial charge in [0.1, 0.15) is 16.8 Å². The monoisotopic (exact) mass is 542 g/mol. The minimum absolute atomic E-state index is 0.0499. The van der Waals surface area contributed by atoms with Crippen LogP contribution in [0.2, 0.25) is 5.02 Å². The van der Waals surface area contributed by atoms with Crippen molar-refractivity contribution in [3.8, 4) is 0 Å². The van der Waals surface area contributed by atoms with Gasteiger partial charge in [-0.2, -0.15) is 0 Å². The molecule has 0 unspecified atom stereocenters. The average Bonchev–Trinajstić information content (AvgIpc) is 2.79. The highest BCUT2D eigenvalue weighted by atomic mass is 79.9. The molecule has 0 atom stereocenters. The summed E-state index contributed by atoms with van der Waals surface area (Å²) in [6, 6.07) is 16.9. The number of benzene rings is 3. The van der Waals surface area contributed by atoms with Crippen LogP contribution in [0.25, 0.3) is 17.0 Å². The summed E-state index contributed by atoms with van der Waals surface area (Å²) in [7, 11) is -4.27. The van der Waals surface area contributed by atoms with Gasteiger partial charge in [0, 0.05) is 15.1 Å². The number of fused-ring (bicyclic) bond motifs is 1. The first-order chi connectivity index (χ1) is 15.7. The predicted octanol–water partition coefficient (Wildman–Crippen LogP) is 6.22. The van der Waals surface area contributed by atoms with Crippen LogP contribution in [0.3, 0.4) is 0 Å². The molecule has 0 fully saturated rings. The molecular weight excluding hydrogens is 528 g/mol. The minimum Gasteiger partial charge on any atom is -0.463 e. The van der Waals surface area contributed by atoms with Crippen LogP contribution in [0, 0.1) is 6.92 Å². The molecule has 4 rings (SSSR count). The van der Waals surface area contributed by atoms with Crippen LogP contribution in [0.4, 0.5) is 0 Å². The summed E-state index contributed by atoms with van der Waals surface area (Å²) >= 11 is 9.18. The lowest BCUT2D eigenvalue weighted by molar-refractivity contribution is 0.104. The smallest absolute Gasteiger partial charge is 0.210 e. The molecule has 0 amide bonds. The van der Waals surface area contributed by atoms with E-state index in [0.717, 1.165) is 17.9 Å². The van der Waals surface area contributed by atoms with Crippen molar-refractivity contribution in [1.82, 2.24) is 0 Å².